The fourth-order valence-electron chi connectivity index (χ4n) is 1.08. The molecule has 0 spiro atoms. The Kier molecular flexibility index (Phi) is 1.51. The van der Waals surface area contributed by atoms with Gasteiger partial charge in [0.05, 0.1) is 5.69 Å². The molecule has 2 rings (SSSR count). The molecular formula is C7H6BNO3. The number of phenolic OH excluding ortho intramolecular Hbond substituents is 1. The van der Waals surface area contributed by atoms with Gasteiger partial charge in [0.25, 0.3) is 0 Å². The van der Waals surface area contributed by atoms with Crippen molar-refractivity contribution in [2.24, 2.45) is 4.99 Å². The molecule has 0 aromatic heterocycles. The molecule has 0 fully saturated rings. The fourth-order valence-corrected chi connectivity index (χ4v) is 1.08. The smallest absolute Gasteiger partial charge is 0.524 e. The topological polar surface area (TPSA) is 62.0 Å². The molecule has 1 aromatic rings. The first-order valence-corrected chi connectivity index (χ1v) is 3.46. The molecule has 1 aromatic carbocycles. The molecule has 2 N–H and O–H groups in total. The summed E-state index contributed by atoms with van der Waals surface area (Å²) in [7, 11) is -1.02. The van der Waals surface area contributed by atoms with Crippen molar-refractivity contribution in [2.45, 2.75) is 0 Å². The van der Waals surface area contributed by atoms with Gasteiger partial charge in [0.2, 0.25) is 0 Å². The zero-order valence-corrected chi connectivity index (χ0v) is 6.14. The zero-order valence-electron chi connectivity index (χ0n) is 6.14. The molecule has 0 unspecified atom stereocenters. The van der Waals surface area contributed by atoms with Gasteiger partial charge in [0.15, 0.2) is 6.40 Å². The monoisotopic (exact) mass is 163 g/mol. The minimum atomic E-state index is -1.02. The molecular weight excluding hydrogens is 157 g/mol. The first-order valence-electron chi connectivity index (χ1n) is 3.46. The number of hydrogen-bond acceptors (Lipinski definition) is 4. The van der Waals surface area contributed by atoms with E-state index in [0.717, 1.165) is 0 Å². The highest BCUT2D eigenvalue weighted by Crippen LogP contribution is 2.17. The third-order valence-electron chi connectivity index (χ3n) is 1.66. The average molecular weight is 163 g/mol. The largest absolute Gasteiger partial charge is 0.563 e. The lowest BCUT2D eigenvalue weighted by molar-refractivity contribution is 0.433. The summed E-state index contributed by atoms with van der Waals surface area (Å²) in [6.07, 6.45) is 1.18. The lowest BCUT2D eigenvalue weighted by Crippen LogP contribution is -2.35. The van der Waals surface area contributed by atoms with Gasteiger partial charge in [-0.2, -0.15) is 0 Å². The first kappa shape index (κ1) is 7.18. The van der Waals surface area contributed by atoms with Crippen molar-refractivity contribution in [3.8, 4) is 5.75 Å². The SMILES string of the molecule is OB1OC=Nc2ccc(O)cc21. The molecule has 1 heterocycles. The minimum absolute atomic E-state index is 0.0912. The Balaban J connectivity index is 2.56. The predicted octanol–water partition coefficient (Wildman–Crippen LogP) is -0.230. The third-order valence-corrected chi connectivity index (χ3v) is 1.66. The van der Waals surface area contributed by atoms with Crippen molar-refractivity contribution >= 4 is 24.7 Å². The number of aliphatic imine (C=N–C) groups is 1. The minimum Gasteiger partial charge on any atom is -0.524 e. The summed E-state index contributed by atoms with van der Waals surface area (Å²) in [5, 5.41) is 18.3. The Labute approximate surface area is 69.3 Å². The Morgan fingerprint density at radius 2 is 2.25 bits per heavy atom. The number of phenols is 1. The van der Waals surface area contributed by atoms with Crippen molar-refractivity contribution in [3.05, 3.63) is 18.2 Å². The summed E-state index contributed by atoms with van der Waals surface area (Å²) < 4.78 is 4.71. The van der Waals surface area contributed by atoms with Crippen LogP contribution in [0, 0.1) is 0 Å². The summed E-state index contributed by atoms with van der Waals surface area (Å²) in [5.41, 5.74) is 1.10. The molecule has 5 heteroatoms. The van der Waals surface area contributed by atoms with Crippen LogP contribution in [0.15, 0.2) is 23.2 Å². The van der Waals surface area contributed by atoms with E-state index in [1.54, 1.807) is 6.07 Å². The van der Waals surface area contributed by atoms with Gasteiger partial charge < -0.3 is 14.8 Å². The van der Waals surface area contributed by atoms with E-state index in [0.29, 0.717) is 11.2 Å². The van der Waals surface area contributed by atoms with Crippen molar-refractivity contribution in [1.29, 1.82) is 0 Å². The van der Waals surface area contributed by atoms with Crippen LogP contribution in [0.4, 0.5) is 5.69 Å². The number of rotatable bonds is 0. The number of hydrogen-bond donors (Lipinski definition) is 2. The standard InChI is InChI=1S/C7H6BNO3/c10-5-1-2-7-6(3-5)8(11)12-4-9-7/h1-4,10-11H. The van der Waals surface area contributed by atoms with Crippen molar-refractivity contribution in [1.82, 2.24) is 0 Å². The zero-order chi connectivity index (χ0) is 8.55. The highest BCUT2D eigenvalue weighted by Gasteiger charge is 2.24. The van der Waals surface area contributed by atoms with Gasteiger partial charge in [-0.15, -0.1) is 0 Å². The maximum absolute atomic E-state index is 9.26. The quantitative estimate of drug-likeness (QED) is 0.519. The number of aromatic hydroxyl groups is 1. The average Bonchev–Trinajstić information content (AvgIpc) is 2.07. The molecule has 0 saturated heterocycles. The lowest BCUT2D eigenvalue weighted by atomic mass is 9.78. The summed E-state index contributed by atoms with van der Waals surface area (Å²) in [5.74, 6) is 0.0912. The fraction of sp³-hybridized carbons (Fsp3) is 0. The van der Waals surface area contributed by atoms with Crippen molar-refractivity contribution in [2.75, 3.05) is 0 Å². The van der Waals surface area contributed by atoms with Crippen LogP contribution in [0.25, 0.3) is 0 Å². The lowest BCUT2D eigenvalue weighted by Gasteiger charge is -2.12. The molecule has 0 amide bonds. The molecule has 12 heavy (non-hydrogen) atoms. The van der Waals surface area contributed by atoms with Crippen LogP contribution in [-0.2, 0) is 4.65 Å². The molecule has 0 atom stereocenters. The summed E-state index contributed by atoms with van der Waals surface area (Å²) >= 11 is 0. The highest BCUT2D eigenvalue weighted by atomic mass is 16.5. The number of benzene rings is 1. The number of nitrogens with zero attached hydrogens (tertiary/aromatic N) is 1. The molecule has 60 valence electrons. The van der Waals surface area contributed by atoms with Crippen LogP contribution in [0.1, 0.15) is 0 Å². The molecule has 1 aliphatic rings. The van der Waals surface area contributed by atoms with E-state index in [4.69, 9.17) is 9.76 Å². The second-order valence-corrected chi connectivity index (χ2v) is 2.47. The maximum Gasteiger partial charge on any atom is 0.563 e. The van der Waals surface area contributed by atoms with E-state index in [-0.39, 0.29) is 5.75 Å². The third kappa shape index (κ3) is 1.04. The van der Waals surface area contributed by atoms with E-state index in [1.807, 2.05) is 0 Å². The second kappa shape index (κ2) is 2.53. The van der Waals surface area contributed by atoms with Gasteiger partial charge in [-0.05, 0) is 18.2 Å². The van der Waals surface area contributed by atoms with Crippen LogP contribution in [0.2, 0.25) is 0 Å². The van der Waals surface area contributed by atoms with Crippen LogP contribution >= 0.6 is 0 Å². The van der Waals surface area contributed by atoms with Crippen LogP contribution in [-0.4, -0.2) is 23.6 Å². The maximum atomic E-state index is 9.26. The van der Waals surface area contributed by atoms with Gasteiger partial charge in [0.1, 0.15) is 5.75 Å². The Morgan fingerprint density at radius 1 is 1.42 bits per heavy atom. The summed E-state index contributed by atoms with van der Waals surface area (Å²) in [6.45, 7) is 0. The van der Waals surface area contributed by atoms with Gasteiger partial charge in [-0.25, -0.2) is 4.99 Å². The second-order valence-electron chi connectivity index (χ2n) is 2.47. The van der Waals surface area contributed by atoms with Gasteiger partial charge in [-0.3, -0.25) is 0 Å². The van der Waals surface area contributed by atoms with E-state index >= 15 is 0 Å². The molecule has 1 aliphatic heterocycles. The van der Waals surface area contributed by atoms with Gasteiger partial charge in [0, 0.05) is 5.46 Å². The van der Waals surface area contributed by atoms with Crippen LogP contribution in [0.5, 0.6) is 5.75 Å². The van der Waals surface area contributed by atoms with Gasteiger partial charge in [-0.1, -0.05) is 0 Å². The molecule has 0 aliphatic carbocycles. The van der Waals surface area contributed by atoms with E-state index in [1.165, 1.54) is 18.5 Å². The molecule has 0 radical (unpaired) electrons. The van der Waals surface area contributed by atoms with E-state index in [2.05, 4.69) is 4.99 Å². The van der Waals surface area contributed by atoms with Crippen molar-refractivity contribution < 1.29 is 14.8 Å². The Hall–Kier alpha value is -1.49. The predicted molar refractivity (Wildman–Crippen MR) is 45.0 cm³/mol. The Morgan fingerprint density at radius 3 is 3.08 bits per heavy atom. The van der Waals surface area contributed by atoms with Gasteiger partial charge >= 0.3 is 7.12 Å². The molecule has 4 nitrogen and oxygen atoms in total. The molecule has 0 saturated carbocycles. The first-order chi connectivity index (χ1) is 5.77. The summed E-state index contributed by atoms with van der Waals surface area (Å²) in [4.78, 5) is 3.87. The van der Waals surface area contributed by atoms with E-state index < -0.39 is 7.12 Å². The molecule has 0 bridgehead atoms. The van der Waals surface area contributed by atoms with Crippen LogP contribution in [0.3, 0.4) is 0 Å². The van der Waals surface area contributed by atoms with Crippen molar-refractivity contribution in [3.63, 3.8) is 0 Å². The highest BCUT2D eigenvalue weighted by molar-refractivity contribution is 6.63. The van der Waals surface area contributed by atoms with Crippen LogP contribution < -0.4 is 5.46 Å². The number of fused-ring (bicyclic) bond motifs is 1. The van der Waals surface area contributed by atoms with E-state index in [9.17, 15) is 5.02 Å². The normalized spacial score (nSPS) is 13.9. The summed E-state index contributed by atoms with van der Waals surface area (Å²) in [6, 6.07) is 4.55. The Bertz CT molecular complexity index is 339.